The standard InChI is InChI=1S/C23H25FN4O2/c1-3-10-28-20-7-5-4-6-19(20)25-21(23(28)30)26-11-13-27(14-12-26)22(29)17-9-8-16(2)18(24)15-17/h4-9,15H,3,10-14H2,1-2H3. The molecule has 156 valence electrons. The Morgan fingerprint density at radius 1 is 1.10 bits per heavy atom. The van der Waals surface area contributed by atoms with Crippen molar-refractivity contribution in [3.63, 3.8) is 0 Å². The molecule has 0 radical (unpaired) electrons. The van der Waals surface area contributed by atoms with Crippen molar-refractivity contribution >= 4 is 22.8 Å². The lowest BCUT2D eigenvalue weighted by Gasteiger charge is -2.35. The highest BCUT2D eigenvalue weighted by Gasteiger charge is 2.25. The highest BCUT2D eigenvalue weighted by atomic mass is 19.1. The summed E-state index contributed by atoms with van der Waals surface area (Å²) in [5.41, 5.74) is 2.39. The number of halogens is 1. The van der Waals surface area contributed by atoms with Crippen LogP contribution in [0.1, 0.15) is 29.3 Å². The van der Waals surface area contributed by atoms with E-state index in [1.807, 2.05) is 36.1 Å². The Kier molecular flexibility index (Phi) is 5.53. The third-order valence-electron chi connectivity index (χ3n) is 5.57. The van der Waals surface area contributed by atoms with Gasteiger partial charge in [0.1, 0.15) is 5.82 Å². The number of carbonyl (C=O) groups is 1. The Morgan fingerprint density at radius 3 is 2.53 bits per heavy atom. The Hall–Kier alpha value is -3.22. The molecule has 1 saturated heterocycles. The summed E-state index contributed by atoms with van der Waals surface area (Å²) < 4.78 is 15.6. The molecule has 3 aromatic rings. The summed E-state index contributed by atoms with van der Waals surface area (Å²) >= 11 is 0. The van der Waals surface area contributed by atoms with E-state index in [0.29, 0.717) is 49.7 Å². The molecule has 30 heavy (non-hydrogen) atoms. The third-order valence-corrected chi connectivity index (χ3v) is 5.57. The molecule has 0 spiro atoms. The fraction of sp³-hybridized carbons (Fsp3) is 0.348. The molecule has 1 aliphatic rings. The monoisotopic (exact) mass is 408 g/mol. The Labute approximate surface area is 174 Å². The summed E-state index contributed by atoms with van der Waals surface area (Å²) in [6, 6.07) is 12.2. The van der Waals surface area contributed by atoms with Crippen LogP contribution in [0.2, 0.25) is 0 Å². The molecule has 2 aromatic carbocycles. The maximum absolute atomic E-state index is 13.8. The van der Waals surface area contributed by atoms with Gasteiger partial charge in [-0.25, -0.2) is 9.37 Å². The summed E-state index contributed by atoms with van der Waals surface area (Å²) in [6.07, 6.45) is 0.850. The van der Waals surface area contributed by atoms with Crippen molar-refractivity contribution in [2.45, 2.75) is 26.8 Å². The maximum Gasteiger partial charge on any atom is 0.294 e. The van der Waals surface area contributed by atoms with Gasteiger partial charge in [-0.1, -0.05) is 25.1 Å². The lowest BCUT2D eigenvalue weighted by atomic mass is 10.1. The van der Waals surface area contributed by atoms with Crippen LogP contribution in [0.4, 0.5) is 10.2 Å². The SMILES string of the molecule is CCCn1c(=O)c(N2CCN(C(=O)c3ccc(C)c(F)c3)CC2)nc2ccccc21. The van der Waals surface area contributed by atoms with Crippen molar-refractivity contribution in [1.82, 2.24) is 14.5 Å². The molecule has 0 unspecified atom stereocenters. The molecule has 1 amide bonds. The average Bonchev–Trinajstić information content (AvgIpc) is 2.77. The third kappa shape index (κ3) is 3.67. The molecule has 0 saturated carbocycles. The van der Waals surface area contributed by atoms with Gasteiger partial charge in [-0.15, -0.1) is 0 Å². The number of anilines is 1. The summed E-state index contributed by atoms with van der Waals surface area (Å²) in [4.78, 5) is 34.1. The van der Waals surface area contributed by atoms with Crippen molar-refractivity contribution in [3.8, 4) is 0 Å². The number of hydrogen-bond donors (Lipinski definition) is 0. The van der Waals surface area contributed by atoms with Crippen molar-refractivity contribution in [2.24, 2.45) is 0 Å². The molecule has 4 rings (SSSR count). The van der Waals surface area contributed by atoms with Gasteiger partial charge < -0.3 is 14.4 Å². The number of carbonyl (C=O) groups excluding carboxylic acids is 1. The quantitative estimate of drug-likeness (QED) is 0.665. The van der Waals surface area contributed by atoms with Gasteiger partial charge in [0, 0.05) is 38.3 Å². The predicted octanol–water partition coefficient (Wildman–Crippen LogP) is 3.22. The zero-order valence-corrected chi connectivity index (χ0v) is 17.3. The largest absolute Gasteiger partial charge is 0.348 e. The minimum atomic E-state index is -0.378. The van der Waals surface area contributed by atoms with E-state index in [1.165, 1.54) is 6.07 Å². The topological polar surface area (TPSA) is 58.4 Å². The zero-order chi connectivity index (χ0) is 21.3. The number of aromatic nitrogens is 2. The highest BCUT2D eigenvalue weighted by Crippen LogP contribution is 2.18. The van der Waals surface area contributed by atoms with E-state index in [9.17, 15) is 14.0 Å². The van der Waals surface area contributed by atoms with Crippen LogP contribution in [0.15, 0.2) is 47.3 Å². The van der Waals surface area contributed by atoms with Crippen molar-refractivity contribution < 1.29 is 9.18 Å². The van der Waals surface area contributed by atoms with Crippen LogP contribution in [0.3, 0.4) is 0 Å². The Bertz CT molecular complexity index is 1150. The smallest absolute Gasteiger partial charge is 0.294 e. The fourth-order valence-corrected chi connectivity index (χ4v) is 3.86. The molecule has 1 aromatic heterocycles. The number of benzene rings is 2. The molecule has 0 N–H and O–H groups in total. The first-order valence-electron chi connectivity index (χ1n) is 10.3. The first-order valence-corrected chi connectivity index (χ1v) is 10.3. The van der Waals surface area contributed by atoms with Gasteiger partial charge in [0.25, 0.3) is 11.5 Å². The van der Waals surface area contributed by atoms with Crippen LogP contribution in [0.25, 0.3) is 11.0 Å². The first kappa shape index (κ1) is 20.1. The second kappa shape index (κ2) is 8.26. The summed E-state index contributed by atoms with van der Waals surface area (Å²) in [6.45, 7) is 6.27. The molecular formula is C23H25FN4O2. The van der Waals surface area contributed by atoms with Crippen molar-refractivity contribution in [3.05, 3.63) is 69.8 Å². The molecule has 6 nitrogen and oxygen atoms in total. The van der Waals surface area contributed by atoms with E-state index in [2.05, 4.69) is 4.98 Å². The average molecular weight is 408 g/mol. The second-order valence-corrected chi connectivity index (χ2v) is 7.62. The van der Waals surface area contributed by atoms with Crippen LogP contribution >= 0.6 is 0 Å². The minimum Gasteiger partial charge on any atom is -0.348 e. The number of para-hydroxylation sites is 2. The van der Waals surface area contributed by atoms with Crippen LogP contribution in [0.5, 0.6) is 0 Å². The van der Waals surface area contributed by atoms with E-state index in [4.69, 9.17) is 0 Å². The van der Waals surface area contributed by atoms with Crippen LogP contribution in [-0.4, -0.2) is 46.5 Å². The summed E-state index contributed by atoms with van der Waals surface area (Å²) in [5, 5.41) is 0. The van der Waals surface area contributed by atoms with E-state index >= 15 is 0 Å². The predicted molar refractivity (Wildman–Crippen MR) is 116 cm³/mol. The number of rotatable bonds is 4. The molecule has 1 fully saturated rings. The number of piperazine rings is 1. The van der Waals surface area contributed by atoms with Gasteiger partial charge in [-0.05, 0) is 43.2 Å². The van der Waals surface area contributed by atoms with Gasteiger partial charge in [0.05, 0.1) is 11.0 Å². The van der Waals surface area contributed by atoms with Crippen LogP contribution in [0, 0.1) is 12.7 Å². The lowest BCUT2D eigenvalue weighted by molar-refractivity contribution is 0.0746. The summed E-state index contributed by atoms with van der Waals surface area (Å²) in [7, 11) is 0. The highest BCUT2D eigenvalue weighted by molar-refractivity contribution is 5.94. The maximum atomic E-state index is 13.8. The Morgan fingerprint density at radius 2 is 1.83 bits per heavy atom. The zero-order valence-electron chi connectivity index (χ0n) is 17.3. The van der Waals surface area contributed by atoms with E-state index in [1.54, 1.807) is 28.5 Å². The normalized spacial score (nSPS) is 14.4. The van der Waals surface area contributed by atoms with E-state index in [-0.39, 0.29) is 17.3 Å². The minimum absolute atomic E-state index is 0.101. The second-order valence-electron chi connectivity index (χ2n) is 7.62. The lowest BCUT2D eigenvalue weighted by Crippen LogP contribution is -2.50. The summed E-state index contributed by atoms with van der Waals surface area (Å²) in [5.74, 6) is -0.143. The van der Waals surface area contributed by atoms with Gasteiger partial charge in [0.2, 0.25) is 0 Å². The molecule has 2 heterocycles. The molecule has 1 aliphatic heterocycles. The number of aryl methyl sites for hydroxylation is 2. The molecular weight excluding hydrogens is 383 g/mol. The molecule has 0 bridgehead atoms. The molecule has 0 atom stereocenters. The van der Waals surface area contributed by atoms with Gasteiger partial charge in [-0.3, -0.25) is 9.59 Å². The first-order chi connectivity index (χ1) is 14.5. The van der Waals surface area contributed by atoms with Gasteiger partial charge in [-0.2, -0.15) is 0 Å². The molecule has 0 aliphatic carbocycles. The van der Waals surface area contributed by atoms with E-state index < -0.39 is 0 Å². The number of fused-ring (bicyclic) bond motifs is 1. The Balaban J connectivity index is 1.56. The van der Waals surface area contributed by atoms with Crippen LogP contribution < -0.4 is 10.5 Å². The van der Waals surface area contributed by atoms with E-state index in [0.717, 1.165) is 17.5 Å². The van der Waals surface area contributed by atoms with Crippen molar-refractivity contribution in [2.75, 3.05) is 31.1 Å². The fourth-order valence-electron chi connectivity index (χ4n) is 3.86. The number of hydrogen-bond acceptors (Lipinski definition) is 4. The van der Waals surface area contributed by atoms with Crippen LogP contribution in [-0.2, 0) is 6.54 Å². The van der Waals surface area contributed by atoms with Crippen molar-refractivity contribution in [1.29, 1.82) is 0 Å². The van der Waals surface area contributed by atoms with Gasteiger partial charge in [0.15, 0.2) is 5.82 Å². The van der Waals surface area contributed by atoms with Gasteiger partial charge >= 0.3 is 0 Å². The molecule has 7 heteroatoms. The number of amides is 1. The number of nitrogens with zero attached hydrogens (tertiary/aromatic N) is 4.